The van der Waals surface area contributed by atoms with Gasteiger partial charge < -0.3 is 25.2 Å². The van der Waals surface area contributed by atoms with E-state index < -0.39 is 5.97 Å². The average molecular weight is 347 g/mol. The Kier molecular flexibility index (Phi) is 16.1. The van der Waals surface area contributed by atoms with E-state index in [-0.39, 0.29) is 17.9 Å². The topological polar surface area (TPSA) is 101 Å². The Morgan fingerprint density at radius 3 is 2.00 bits per heavy atom. The van der Waals surface area contributed by atoms with Crippen LogP contribution in [0.1, 0.15) is 71.1 Å². The van der Waals surface area contributed by atoms with Gasteiger partial charge in [-0.25, -0.2) is 0 Å². The van der Waals surface area contributed by atoms with Gasteiger partial charge in [0.2, 0.25) is 5.91 Å². The molecule has 0 fully saturated rings. The molecule has 0 unspecified atom stereocenters. The number of nitrogens with zero attached hydrogens (tertiary/aromatic N) is 1. The van der Waals surface area contributed by atoms with Gasteiger partial charge in [-0.2, -0.15) is 0 Å². The van der Waals surface area contributed by atoms with Crippen molar-refractivity contribution in [2.24, 2.45) is 0 Å². The standard InChI is InChI=1S/C18H36N2O3.H2O/c1-4-5-6-7-8-9-10-11-13-17(21)19-14-12-15-20(2,3)16-18(22)23;/h4-16H2,1-3H3,(H-,19,21,22,23);1H2. The van der Waals surface area contributed by atoms with Gasteiger partial charge in [0.05, 0.1) is 26.6 Å². The van der Waals surface area contributed by atoms with Crippen LogP contribution >= 0.6 is 0 Å². The second kappa shape index (κ2) is 15.4. The molecule has 0 aliphatic carbocycles. The molecule has 6 heteroatoms. The molecule has 0 aliphatic rings. The number of nitrogens with one attached hydrogen (secondary N) is 1. The number of quaternary nitrogens is 1. The number of rotatable bonds is 15. The molecular formula is C18H38N2O4. The van der Waals surface area contributed by atoms with Crippen molar-refractivity contribution >= 4 is 11.9 Å². The molecule has 0 rings (SSSR count). The summed E-state index contributed by atoms with van der Waals surface area (Å²) >= 11 is 0. The van der Waals surface area contributed by atoms with Crippen molar-refractivity contribution in [3.8, 4) is 0 Å². The molecule has 0 bridgehead atoms. The first-order valence-electron chi connectivity index (χ1n) is 9.16. The first kappa shape index (κ1) is 25.1. The summed E-state index contributed by atoms with van der Waals surface area (Å²) in [5.41, 5.74) is 0. The van der Waals surface area contributed by atoms with Crippen LogP contribution in [-0.2, 0) is 9.59 Å². The SMILES string of the molecule is CCCCCCCCCCC(=O)NCCC[N+](C)(C)CC(=O)[O-].O. The largest absolute Gasteiger partial charge is 0.544 e. The summed E-state index contributed by atoms with van der Waals surface area (Å²) in [6.45, 7) is 3.56. The zero-order valence-electron chi connectivity index (χ0n) is 15.9. The normalized spacial score (nSPS) is 11.0. The highest BCUT2D eigenvalue weighted by molar-refractivity contribution is 5.75. The molecular weight excluding hydrogens is 308 g/mol. The Morgan fingerprint density at radius 1 is 0.917 bits per heavy atom. The minimum Gasteiger partial charge on any atom is -0.544 e. The number of amides is 1. The number of carboxylic acid groups (broad SMARTS) is 1. The van der Waals surface area contributed by atoms with Crippen LogP contribution in [0.3, 0.4) is 0 Å². The molecule has 3 N–H and O–H groups in total. The number of hydrogen-bond acceptors (Lipinski definition) is 3. The van der Waals surface area contributed by atoms with E-state index in [4.69, 9.17) is 0 Å². The number of unbranched alkanes of at least 4 members (excludes halogenated alkanes) is 7. The van der Waals surface area contributed by atoms with E-state index in [9.17, 15) is 14.7 Å². The highest BCUT2D eigenvalue weighted by atomic mass is 16.4. The van der Waals surface area contributed by atoms with Crippen molar-refractivity contribution in [3.63, 3.8) is 0 Å². The fraction of sp³-hybridized carbons (Fsp3) is 0.889. The molecule has 1 amide bonds. The summed E-state index contributed by atoms with van der Waals surface area (Å²) in [6.07, 6.45) is 11.3. The minimum absolute atomic E-state index is 0. The molecule has 144 valence electrons. The molecule has 0 spiro atoms. The van der Waals surface area contributed by atoms with Gasteiger partial charge in [-0.15, -0.1) is 0 Å². The zero-order valence-corrected chi connectivity index (χ0v) is 15.9. The Balaban J connectivity index is 0. The summed E-state index contributed by atoms with van der Waals surface area (Å²) in [7, 11) is 3.72. The van der Waals surface area contributed by atoms with E-state index in [1.54, 1.807) is 0 Å². The van der Waals surface area contributed by atoms with Crippen LogP contribution in [-0.4, -0.2) is 55.6 Å². The van der Waals surface area contributed by atoms with E-state index in [1.165, 1.54) is 38.5 Å². The molecule has 0 saturated heterocycles. The van der Waals surface area contributed by atoms with E-state index in [2.05, 4.69) is 12.2 Å². The summed E-state index contributed by atoms with van der Waals surface area (Å²) in [5, 5.41) is 13.5. The molecule has 0 aliphatic heterocycles. The third-order valence-corrected chi connectivity index (χ3v) is 4.08. The fourth-order valence-corrected chi connectivity index (χ4v) is 2.67. The van der Waals surface area contributed by atoms with Crippen LogP contribution in [0.4, 0.5) is 0 Å². The van der Waals surface area contributed by atoms with Crippen LogP contribution in [0.25, 0.3) is 0 Å². The predicted octanol–water partition coefficient (Wildman–Crippen LogP) is 1.03. The summed E-state index contributed by atoms with van der Waals surface area (Å²) in [5.74, 6) is -0.921. The number of carbonyl (C=O) groups excluding carboxylic acids is 2. The van der Waals surface area contributed by atoms with Crippen molar-refractivity contribution in [1.82, 2.24) is 5.32 Å². The monoisotopic (exact) mass is 346 g/mol. The van der Waals surface area contributed by atoms with Gasteiger partial charge in [-0.3, -0.25) is 4.79 Å². The van der Waals surface area contributed by atoms with Gasteiger partial charge in [0.15, 0.2) is 0 Å². The summed E-state index contributed by atoms with van der Waals surface area (Å²) in [6, 6.07) is 0. The van der Waals surface area contributed by atoms with E-state index >= 15 is 0 Å². The maximum absolute atomic E-state index is 11.7. The molecule has 0 saturated carbocycles. The number of likely N-dealkylation sites (N-methyl/N-ethyl adjacent to an activating group) is 1. The Morgan fingerprint density at radius 2 is 1.46 bits per heavy atom. The Bertz CT molecular complexity index is 333. The van der Waals surface area contributed by atoms with Gasteiger partial charge in [0, 0.05) is 19.4 Å². The number of aliphatic carboxylic acids is 1. The van der Waals surface area contributed by atoms with Crippen molar-refractivity contribution < 1.29 is 24.7 Å². The van der Waals surface area contributed by atoms with Gasteiger partial charge in [-0.05, 0) is 6.42 Å². The molecule has 6 nitrogen and oxygen atoms in total. The Labute approximate surface area is 147 Å². The smallest absolute Gasteiger partial charge is 0.219 e. The third-order valence-electron chi connectivity index (χ3n) is 4.08. The number of hydrogen-bond donors (Lipinski definition) is 1. The first-order chi connectivity index (χ1) is 10.9. The lowest BCUT2D eigenvalue weighted by Crippen LogP contribution is -2.49. The molecule has 0 atom stereocenters. The van der Waals surface area contributed by atoms with E-state index in [0.29, 0.717) is 24.0 Å². The molecule has 0 aromatic rings. The van der Waals surface area contributed by atoms with E-state index in [1.807, 2.05) is 14.1 Å². The first-order valence-corrected chi connectivity index (χ1v) is 9.16. The van der Waals surface area contributed by atoms with Crippen molar-refractivity contribution in [1.29, 1.82) is 0 Å². The number of carbonyl (C=O) groups is 2. The lowest BCUT2D eigenvalue weighted by atomic mass is 10.1. The lowest BCUT2D eigenvalue weighted by molar-refractivity contribution is -0.884. The predicted molar refractivity (Wildman–Crippen MR) is 95.3 cm³/mol. The summed E-state index contributed by atoms with van der Waals surface area (Å²) < 4.78 is 0.385. The summed E-state index contributed by atoms with van der Waals surface area (Å²) in [4.78, 5) is 22.3. The van der Waals surface area contributed by atoms with Crippen LogP contribution in [0.2, 0.25) is 0 Å². The molecule has 0 radical (unpaired) electrons. The molecule has 24 heavy (non-hydrogen) atoms. The maximum atomic E-state index is 11.7. The van der Waals surface area contributed by atoms with Crippen LogP contribution in [0.5, 0.6) is 0 Å². The van der Waals surface area contributed by atoms with Gasteiger partial charge in [0.1, 0.15) is 6.54 Å². The quantitative estimate of drug-likeness (QED) is 0.354. The average Bonchev–Trinajstić information content (AvgIpc) is 2.45. The van der Waals surface area contributed by atoms with Crippen LogP contribution in [0.15, 0.2) is 0 Å². The fourth-order valence-electron chi connectivity index (χ4n) is 2.67. The molecule has 0 heterocycles. The highest BCUT2D eigenvalue weighted by Gasteiger charge is 2.14. The van der Waals surface area contributed by atoms with Crippen molar-refractivity contribution in [3.05, 3.63) is 0 Å². The zero-order chi connectivity index (χ0) is 17.6. The molecule has 0 aromatic carbocycles. The van der Waals surface area contributed by atoms with Crippen LogP contribution < -0.4 is 10.4 Å². The Hall–Kier alpha value is -1.14. The van der Waals surface area contributed by atoms with E-state index in [0.717, 1.165) is 19.3 Å². The number of carboxylic acids is 1. The van der Waals surface area contributed by atoms with Gasteiger partial charge >= 0.3 is 0 Å². The van der Waals surface area contributed by atoms with Gasteiger partial charge in [-0.1, -0.05) is 51.9 Å². The van der Waals surface area contributed by atoms with Crippen LogP contribution in [0, 0.1) is 0 Å². The van der Waals surface area contributed by atoms with Gasteiger partial charge in [0.25, 0.3) is 0 Å². The van der Waals surface area contributed by atoms with Crippen molar-refractivity contribution in [2.75, 3.05) is 33.7 Å². The third kappa shape index (κ3) is 17.2. The minimum atomic E-state index is -1.03. The second-order valence-corrected chi connectivity index (χ2v) is 7.12. The highest BCUT2D eigenvalue weighted by Crippen LogP contribution is 2.09. The lowest BCUT2D eigenvalue weighted by Gasteiger charge is -2.30. The second-order valence-electron chi connectivity index (χ2n) is 7.12. The van der Waals surface area contributed by atoms with Crippen molar-refractivity contribution in [2.45, 2.75) is 71.1 Å². The molecule has 0 aromatic heterocycles. The maximum Gasteiger partial charge on any atom is 0.219 e.